The summed E-state index contributed by atoms with van der Waals surface area (Å²) in [5.74, 6) is 1.31. The number of pyridine rings is 1. The third-order valence-electron chi connectivity index (χ3n) is 2.83. The number of rotatable bonds is 6. The second kappa shape index (κ2) is 7.07. The molecule has 0 aromatic carbocycles. The van der Waals surface area contributed by atoms with Crippen molar-refractivity contribution in [2.75, 3.05) is 24.0 Å². The normalized spacial score (nSPS) is 12.5. The molecule has 96 valence electrons. The molecule has 0 fully saturated rings. The Hall–Kier alpha value is -0.480. The third kappa shape index (κ3) is 3.75. The van der Waals surface area contributed by atoms with E-state index in [1.54, 1.807) is 24.0 Å². The number of thioether (sulfide) groups is 1. The highest BCUT2D eigenvalue weighted by molar-refractivity contribution is 7.98. The number of alkyl halides is 1. The quantitative estimate of drug-likeness (QED) is 0.740. The van der Waals surface area contributed by atoms with Crippen molar-refractivity contribution in [1.29, 1.82) is 0 Å². The molecular weight excluding hydrogens is 259 g/mol. The zero-order valence-corrected chi connectivity index (χ0v) is 12.0. The first-order chi connectivity index (χ1) is 8.11. The molecule has 1 aromatic rings. The van der Waals surface area contributed by atoms with Gasteiger partial charge in [0, 0.05) is 24.8 Å². The number of hydrogen-bond donors (Lipinski definition) is 0. The van der Waals surface area contributed by atoms with Gasteiger partial charge in [0.05, 0.1) is 5.88 Å². The molecule has 1 rings (SSSR count). The van der Waals surface area contributed by atoms with Gasteiger partial charge in [-0.2, -0.15) is 11.8 Å². The zero-order valence-electron chi connectivity index (χ0n) is 10.4. The van der Waals surface area contributed by atoms with Crippen molar-refractivity contribution < 1.29 is 4.39 Å². The second-order valence-corrected chi connectivity index (χ2v) is 5.24. The first-order valence-corrected chi connectivity index (χ1v) is 7.45. The summed E-state index contributed by atoms with van der Waals surface area (Å²) >= 11 is 7.47. The van der Waals surface area contributed by atoms with Crippen LogP contribution in [0.4, 0.5) is 10.2 Å². The highest BCUT2D eigenvalue weighted by Gasteiger charge is 2.17. The Balaban J connectivity index is 2.84. The number of aromatic nitrogens is 1. The van der Waals surface area contributed by atoms with E-state index in [0.29, 0.717) is 11.4 Å². The fourth-order valence-electron chi connectivity index (χ4n) is 1.51. The van der Waals surface area contributed by atoms with E-state index in [1.165, 1.54) is 0 Å². The predicted octanol–water partition coefficient (Wildman–Crippen LogP) is 3.54. The number of nitrogens with zero attached hydrogens (tertiary/aromatic N) is 2. The fourth-order valence-corrected chi connectivity index (χ4v) is 2.29. The van der Waals surface area contributed by atoms with Gasteiger partial charge >= 0.3 is 0 Å². The van der Waals surface area contributed by atoms with E-state index < -0.39 is 0 Å². The Morgan fingerprint density at radius 2 is 2.29 bits per heavy atom. The van der Waals surface area contributed by atoms with E-state index >= 15 is 0 Å². The van der Waals surface area contributed by atoms with Gasteiger partial charge in [-0.05, 0) is 31.4 Å². The van der Waals surface area contributed by atoms with Crippen LogP contribution in [0.5, 0.6) is 0 Å². The third-order valence-corrected chi connectivity index (χ3v) is 3.76. The first-order valence-electron chi connectivity index (χ1n) is 5.53. The average molecular weight is 277 g/mol. The maximum absolute atomic E-state index is 14.0. The fraction of sp³-hybridized carbons (Fsp3) is 0.583. The van der Waals surface area contributed by atoms with Crippen molar-refractivity contribution in [1.82, 2.24) is 4.98 Å². The van der Waals surface area contributed by atoms with Crippen molar-refractivity contribution in [3.63, 3.8) is 0 Å². The minimum absolute atomic E-state index is 0.175. The van der Waals surface area contributed by atoms with Gasteiger partial charge in [0.15, 0.2) is 11.6 Å². The summed E-state index contributed by atoms with van der Waals surface area (Å²) in [5.41, 5.74) is 0.501. The van der Waals surface area contributed by atoms with E-state index in [1.807, 2.05) is 11.9 Å². The molecule has 0 saturated heterocycles. The maximum atomic E-state index is 14.0. The standard InChI is InChI=1S/C12H18ClFN2S/c1-9(5-7-17-3)16(2)12-11(14)10(8-13)4-6-15-12/h4,6,9H,5,7-8H2,1-3H3. The van der Waals surface area contributed by atoms with Crippen LogP contribution in [-0.2, 0) is 5.88 Å². The van der Waals surface area contributed by atoms with Crippen molar-refractivity contribution in [3.8, 4) is 0 Å². The summed E-state index contributed by atoms with van der Waals surface area (Å²) in [6.07, 6.45) is 4.68. The molecule has 0 saturated carbocycles. The van der Waals surface area contributed by atoms with Crippen LogP contribution in [0.15, 0.2) is 12.3 Å². The van der Waals surface area contributed by atoms with Crippen molar-refractivity contribution in [2.24, 2.45) is 0 Å². The highest BCUT2D eigenvalue weighted by atomic mass is 35.5. The number of halogens is 2. The van der Waals surface area contributed by atoms with Gasteiger partial charge in [0.2, 0.25) is 0 Å². The Bertz CT molecular complexity index is 362. The lowest BCUT2D eigenvalue weighted by molar-refractivity contribution is 0.583. The molecule has 1 unspecified atom stereocenters. The number of hydrogen-bond acceptors (Lipinski definition) is 3. The van der Waals surface area contributed by atoms with Gasteiger partial charge in [0.1, 0.15) is 0 Å². The molecule has 1 atom stereocenters. The summed E-state index contributed by atoms with van der Waals surface area (Å²) in [6.45, 7) is 2.07. The summed E-state index contributed by atoms with van der Waals surface area (Å²) in [5, 5.41) is 0. The van der Waals surface area contributed by atoms with E-state index in [2.05, 4.69) is 18.2 Å². The van der Waals surface area contributed by atoms with Gasteiger partial charge < -0.3 is 4.90 Å². The van der Waals surface area contributed by atoms with E-state index in [4.69, 9.17) is 11.6 Å². The minimum atomic E-state index is -0.305. The molecule has 0 aliphatic rings. The lowest BCUT2D eigenvalue weighted by Crippen LogP contribution is -2.31. The molecular formula is C12H18ClFN2S. The Morgan fingerprint density at radius 1 is 1.59 bits per heavy atom. The summed E-state index contributed by atoms with van der Waals surface area (Å²) in [7, 11) is 1.87. The SMILES string of the molecule is CSCCC(C)N(C)c1nccc(CCl)c1F. The Kier molecular flexibility index (Phi) is 6.06. The Morgan fingerprint density at radius 3 is 2.88 bits per heavy atom. The van der Waals surface area contributed by atoms with Crippen molar-refractivity contribution in [2.45, 2.75) is 25.3 Å². The summed E-state index contributed by atoms with van der Waals surface area (Å²) < 4.78 is 14.0. The molecule has 2 nitrogen and oxygen atoms in total. The molecule has 1 heterocycles. The van der Waals surface area contributed by atoms with Gasteiger partial charge in [-0.1, -0.05) is 0 Å². The summed E-state index contributed by atoms with van der Waals surface area (Å²) in [6, 6.07) is 1.88. The van der Waals surface area contributed by atoms with E-state index in [0.717, 1.165) is 12.2 Å². The molecule has 5 heteroatoms. The number of anilines is 1. The average Bonchev–Trinajstić information content (AvgIpc) is 2.35. The highest BCUT2D eigenvalue weighted by Crippen LogP contribution is 2.22. The van der Waals surface area contributed by atoms with Crippen LogP contribution in [0.25, 0.3) is 0 Å². The molecule has 0 aliphatic carbocycles. The topological polar surface area (TPSA) is 16.1 Å². The van der Waals surface area contributed by atoms with Crippen LogP contribution in [0.3, 0.4) is 0 Å². The largest absolute Gasteiger partial charge is 0.355 e. The van der Waals surface area contributed by atoms with Crippen LogP contribution in [-0.4, -0.2) is 30.1 Å². The molecule has 0 spiro atoms. The second-order valence-electron chi connectivity index (χ2n) is 3.98. The van der Waals surface area contributed by atoms with Crippen LogP contribution in [0.1, 0.15) is 18.9 Å². The zero-order chi connectivity index (χ0) is 12.8. The van der Waals surface area contributed by atoms with Gasteiger partial charge in [-0.15, -0.1) is 11.6 Å². The lowest BCUT2D eigenvalue weighted by atomic mass is 10.2. The van der Waals surface area contributed by atoms with Crippen LogP contribution in [0.2, 0.25) is 0 Å². The molecule has 1 aromatic heterocycles. The molecule has 0 aliphatic heterocycles. The molecule has 0 bridgehead atoms. The molecule has 0 radical (unpaired) electrons. The smallest absolute Gasteiger partial charge is 0.170 e. The van der Waals surface area contributed by atoms with E-state index in [-0.39, 0.29) is 17.7 Å². The molecule has 0 amide bonds. The molecule has 0 N–H and O–H groups in total. The first kappa shape index (κ1) is 14.6. The Labute approximate surface area is 112 Å². The maximum Gasteiger partial charge on any atom is 0.170 e. The monoisotopic (exact) mass is 276 g/mol. The van der Waals surface area contributed by atoms with Crippen LogP contribution < -0.4 is 4.90 Å². The predicted molar refractivity (Wildman–Crippen MR) is 74.6 cm³/mol. The van der Waals surface area contributed by atoms with E-state index in [9.17, 15) is 4.39 Å². The van der Waals surface area contributed by atoms with Crippen LogP contribution in [0, 0.1) is 5.82 Å². The van der Waals surface area contributed by atoms with Crippen molar-refractivity contribution in [3.05, 3.63) is 23.6 Å². The molecule has 17 heavy (non-hydrogen) atoms. The van der Waals surface area contributed by atoms with Gasteiger partial charge in [0.25, 0.3) is 0 Å². The summed E-state index contributed by atoms with van der Waals surface area (Å²) in [4.78, 5) is 5.98. The lowest BCUT2D eigenvalue weighted by Gasteiger charge is -2.26. The van der Waals surface area contributed by atoms with Gasteiger partial charge in [-0.25, -0.2) is 9.37 Å². The van der Waals surface area contributed by atoms with Crippen LogP contribution >= 0.6 is 23.4 Å². The van der Waals surface area contributed by atoms with Crippen molar-refractivity contribution >= 4 is 29.2 Å². The van der Waals surface area contributed by atoms with Gasteiger partial charge in [-0.3, -0.25) is 0 Å². The minimum Gasteiger partial charge on any atom is -0.355 e.